The summed E-state index contributed by atoms with van der Waals surface area (Å²) in [6.45, 7) is 4.01. The molecule has 0 saturated carbocycles. The van der Waals surface area contributed by atoms with Gasteiger partial charge in [0.15, 0.2) is 0 Å². The van der Waals surface area contributed by atoms with Crippen LogP contribution in [0.4, 0.5) is 5.69 Å². The number of hydrogen-bond donors (Lipinski definition) is 1. The highest BCUT2D eigenvalue weighted by Gasteiger charge is 2.27. The second-order valence-electron chi connectivity index (χ2n) is 7.24. The van der Waals surface area contributed by atoms with Gasteiger partial charge in [0.2, 0.25) is 10.0 Å². The number of nitro benzene ring substituents is 1. The Kier molecular flexibility index (Phi) is 6.49. The monoisotopic (exact) mass is 432 g/mol. The normalized spacial score (nSPS) is 15.7. The fourth-order valence-corrected chi connectivity index (χ4v) is 4.72. The summed E-state index contributed by atoms with van der Waals surface area (Å²) >= 11 is 0. The molecule has 1 aliphatic heterocycles. The van der Waals surface area contributed by atoms with Crippen molar-refractivity contribution in [2.75, 3.05) is 33.2 Å². The largest absolute Gasteiger partial charge is 0.348 e. The van der Waals surface area contributed by atoms with Gasteiger partial charge < -0.3 is 10.2 Å². The van der Waals surface area contributed by atoms with Crippen LogP contribution in [0.25, 0.3) is 0 Å². The molecule has 1 fully saturated rings. The number of sulfonamides is 1. The minimum absolute atomic E-state index is 0.110. The zero-order chi connectivity index (χ0) is 21.9. The molecule has 1 aliphatic rings. The van der Waals surface area contributed by atoms with E-state index < -0.39 is 20.9 Å². The minimum atomic E-state index is -3.54. The summed E-state index contributed by atoms with van der Waals surface area (Å²) in [4.78, 5) is 25.3. The molecule has 0 radical (unpaired) electrons. The molecule has 10 heteroatoms. The molecule has 1 amide bonds. The molecule has 1 saturated heterocycles. The average Bonchev–Trinajstić information content (AvgIpc) is 2.72. The molecule has 9 nitrogen and oxygen atoms in total. The third kappa shape index (κ3) is 4.66. The van der Waals surface area contributed by atoms with Crippen LogP contribution >= 0.6 is 0 Å². The van der Waals surface area contributed by atoms with Gasteiger partial charge in [-0.25, -0.2) is 8.42 Å². The lowest BCUT2D eigenvalue weighted by Gasteiger charge is -2.31. The van der Waals surface area contributed by atoms with Crippen molar-refractivity contribution in [3.8, 4) is 0 Å². The first kappa shape index (κ1) is 21.9. The molecule has 0 unspecified atom stereocenters. The molecule has 2 aromatic carbocycles. The summed E-state index contributed by atoms with van der Waals surface area (Å²) in [5.41, 5.74) is 1.15. The van der Waals surface area contributed by atoms with Gasteiger partial charge in [0, 0.05) is 49.9 Å². The van der Waals surface area contributed by atoms with Crippen LogP contribution in [0.15, 0.2) is 47.4 Å². The number of hydrogen-bond acceptors (Lipinski definition) is 6. The quantitative estimate of drug-likeness (QED) is 0.550. The van der Waals surface area contributed by atoms with Crippen LogP contribution in [0.5, 0.6) is 0 Å². The number of nitrogens with zero attached hydrogens (tertiary/aromatic N) is 3. The Bertz CT molecular complexity index is 1050. The highest BCUT2D eigenvalue weighted by atomic mass is 32.2. The molecular weight excluding hydrogens is 408 g/mol. The van der Waals surface area contributed by atoms with Crippen molar-refractivity contribution in [2.45, 2.75) is 18.4 Å². The van der Waals surface area contributed by atoms with Gasteiger partial charge in [-0.1, -0.05) is 18.2 Å². The summed E-state index contributed by atoms with van der Waals surface area (Å²) in [5, 5.41) is 13.8. The zero-order valence-electron chi connectivity index (χ0n) is 16.9. The van der Waals surface area contributed by atoms with E-state index in [2.05, 4.69) is 10.2 Å². The van der Waals surface area contributed by atoms with E-state index in [1.54, 1.807) is 12.1 Å². The Morgan fingerprint density at radius 1 is 1.10 bits per heavy atom. The lowest BCUT2D eigenvalue weighted by molar-refractivity contribution is -0.385. The van der Waals surface area contributed by atoms with Crippen LogP contribution in [0.2, 0.25) is 0 Å². The number of nitrogens with one attached hydrogen (secondary N) is 1. The van der Waals surface area contributed by atoms with Crippen LogP contribution in [0, 0.1) is 17.0 Å². The van der Waals surface area contributed by atoms with E-state index in [1.807, 2.05) is 7.05 Å². The molecule has 0 bridgehead atoms. The molecule has 1 N–H and O–H groups in total. The Balaban J connectivity index is 1.66. The second-order valence-corrected chi connectivity index (χ2v) is 9.18. The standard InChI is InChI=1S/C20H24N4O5S/c1-15-18(4-3-5-19(15)24(26)27)20(25)21-14-16-6-8-17(9-7-16)30(28,29)23-12-10-22(2)11-13-23/h3-9H,10-14H2,1-2H3,(H,21,25). The van der Waals surface area contributed by atoms with Crippen LogP contribution in [0.3, 0.4) is 0 Å². The number of rotatable bonds is 6. The Hall–Kier alpha value is -2.82. The van der Waals surface area contributed by atoms with Crippen molar-refractivity contribution in [3.63, 3.8) is 0 Å². The van der Waals surface area contributed by atoms with Gasteiger partial charge in [0.05, 0.1) is 9.82 Å². The maximum atomic E-state index is 12.8. The van der Waals surface area contributed by atoms with Crippen LogP contribution in [0.1, 0.15) is 21.5 Å². The van der Waals surface area contributed by atoms with Crippen molar-refractivity contribution in [1.29, 1.82) is 0 Å². The number of benzene rings is 2. The van der Waals surface area contributed by atoms with E-state index in [0.717, 1.165) is 5.56 Å². The van der Waals surface area contributed by atoms with Crippen molar-refractivity contribution in [3.05, 3.63) is 69.3 Å². The van der Waals surface area contributed by atoms with Gasteiger partial charge in [0.1, 0.15) is 0 Å². The molecule has 3 rings (SSSR count). The highest BCUT2D eigenvalue weighted by molar-refractivity contribution is 7.89. The average molecular weight is 433 g/mol. The van der Waals surface area contributed by atoms with Gasteiger partial charge in [-0.15, -0.1) is 0 Å². The summed E-state index contributed by atoms with van der Waals surface area (Å²) in [7, 11) is -1.58. The Morgan fingerprint density at radius 3 is 2.33 bits per heavy atom. The smallest absolute Gasteiger partial charge is 0.273 e. The first-order chi connectivity index (χ1) is 14.2. The molecule has 1 heterocycles. The summed E-state index contributed by atoms with van der Waals surface area (Å²) in [6, 6.07) is 10.7. The summed E-state index contributed by atoms with van der Waals surface area (Å²) < 4.78 is 27.0. The number of amides is 1. The van der Waals surface area contributed by atoms with E-state index in [4.69, 9.17) is 0 Å². The minimum Gasteiger partial charge on any atom is -0.348 e. The maximum absolute atomic E-state index is 12.8. The number of likely N-dealkylation sites (N-methyl/N-ethyl adjacent to an activating group) is 1. The van der Waals surface area contributed by atoms with Gasteiger partial charge >= 0.3 is 0 Å². The van der Waals surface area contributed by atoms with Crippen molar-refractivity contribution < 1.29 is 18.1 Å². The number of carbonyl (C=O) groups is 1. The predicted octanol–water partition coefficient (Wildman–Crippen LogP) is 1.77. The number of piperazine rings is 1. The second kappa shape index (κ2) is 8.90. The maximum Gasteiger partial charge on any atom is 0.273 e. The van der Waals surface area contributed by atoms with Crippen LogP contribution in [-0.4, -0.2) is 61.7 Å². The number of nitro groups is 1. The molecular formula is C20H24N4O5S. The Morgan fingerprint density at radius 2 is 1.73 bits per heavy atom. The van der Waals surface area contributed by atoms with E-state index in [-0.39, 0.29) is 22.7 Å². The third-order valence-corrected chi connectivity index (χ3v) is 7.14. The Labute approximate surface area is 175 Å². The van der Waals surface area contributed by atoms with Gasteiger partial charge in [-0.2, -0.15) is 4.31 Å². The topological polar surface area (TPSA) is 113 Å². The van der Waals surface area contributed by atoms with Gasteiger partial charge in [-0.3, -0.25) is 14.9 Å². The zero-order valence-corrected chi connectivity index (χ0v) is 17.7. The predicted molar refractivity (Wildman–Crippen MR) is 112 cm³/mol. The van der Waals surface area contributed by atoms with E-state index in [1.165, 1.54) is 41.6 Å². The highest BCUT2D eigenvalue weighted by Crippen LogP contribution is 2.21. The summed E-state index contributed by atoms with van der Waals surface area (Å²) in [5.74, 6) is -0.426. The summed E-state index contributed by atoms with van der Waals surface area (Å²) in [6.07, 6.45) is 0. The van der Waals surface area contributed by atoms with Gasteiger partial charge in [0.25, 0.3) is 11.6 Å². The fourth-order valence-electron chi connectivity index (χ4n) is 3.30. The number of carbonyl (C=O) groups excluding carboxylic acids is 1. The SMILES string of the molecule is Cc1c(C(=O)NCc2ccc(S(=O)(=O)N3CCN(C)CC3)cc2)cccc1[N+](=O)[O-]. The van der Waals surface area contributed by atoms with Crippen LogP contribution in [-0.2, 0) is 16.6 Å². The van der Waals surface area contributed by atoms with E-state index in [0.29, 0.717) is 31.7 Å². The molecule has 160 valence electrons. The molecule has 0 atom stereocenters. The first-order valence-electron chi connectivity index (χ1n) is 9.50. The van der Waals surface area contributed by atoms with E-state index in [9.17, 15) is 23.3 Å². The third-order valence-electron chi connectivity index (χ3n) is 5.22. The lowest BCUT2D eigenvalue weighted by atomic mass is 10.1. The molecule has 0 spiro atoms. The van der Waals surface area contributed by atoms with Crippen molar-refractivity contribution in [1.82, 2.24) is 14.5 Å². The van der Waals surface area contributed by atoms with E-state index >= 15 is 0 Å². The molecule has 30 heavy (non-hydrogen) atoms. The first-order valence-corrected chi connectivity index (χ1v) is 10.9. The molecule has 2 aromatic rings. The molecule has 0 aliphatic carbocycles. The lowest BCUT2D eigenvalue weighted by Crippen LogP contribution is -2.47. The van der Waals surface area contributed by atoms with Crippen molar-refractivity contribution >= 4 is 21.6 Å². The fraction of sp³-hybridized carbons (Fsp3) is 0.350. The van der Waals surface area contributed by atoms with Crippen LogP contribution < -0.4 is 5.32 Å². The van der Waals surface area contributed by atoms with Crippen molar-refractivity contribution in [2.24, 2.45) is 0 Å². The molecule has 0 aromatic heterocycles. The van der Waals surface area contributed by atoms with Gasteiger partial charge in [-0.05, 0) is 37.7 Å².